The molecule has 0 saturated carbocycles. The summed E-state index contributed by atoms with van der Waals surface area (Å²) in [7, 11) is 0. The molecule has 0 amide bonds. The number of oxime groups is 1. The van der Waals surface area contributed by atoms with Crippen LogP contribution in [0.1, 0.15) is 19.4 Å². The van der Waals surface area contributed by atoms with Gasteiger partial charge in [-0.15, -0.1) is 0 Å². The molecule has 0 aliphatic carbocycles. The van der Waals surface area contributed by atoms with Gasteiger partial charge in [-0.3, -0.25) is 9.89 Å². The van der Waals surface area contributed by atoms with E-state index in [1.54, 1.807) is 30.3 Å². The van der Waals surface area contributed by atoms with Crippen molar-refractivity contribution in [1.82, 2.24) is 0 Å². The maximum atomic E-state index is 13.1. The molecule has 3 rings (SSSR count). The molecule has 0 bridgehead atoms. The predicted octanol–water partition coefficient (Wildman–Crippen LogP) is 5.27. The summed E-state index contributed by atoms with van der Waals surface area (Å²) in [6.45, 7) is 3.76. The summed E-state index contributed by atoms with van der Waals surface area (Å²) in [6.07, 6.45) is -11.9. The highest BCUT2D eigenvalue weighted by Crippen LogP contribution is 2.50. The van der Waals surface area contributed by atoms with Gasteiger partial charge in [0.2, 0.25) is 0 Å². The van der Waals surface area contributed by atoms with Crippen LogP contribution in [0.15, 0.2) is 64.7 Å². The molecule has 2 aromatic carbocycles. The summed E-state index contributed by atoms with van der Waals surface area (Å²) in [5, 5.41) is 13.6. The highest BCUT2D eigenvalue weighted by Gasteiger charge is 2.71. The number of para-hydroxylation sites is 1. The van der Waals surface area contributed by atoms with Gasteiger partial charge in [0.25, 0.3) is 5.60 Å². The van der Waals surface area contributed by atoms with E-state index in [-0.39, 0.29) is 18.2 Å². The van der Waals surface area contributed by atoms with E-state index in [0.29, 0.717) is 29.6 Å². The van der Waals surface area contributed by atoms with Gasteiger partial charge in [-0.1, -0.05) is 49.3 Å². The minimum Gasteiger partial charge on any atom is -0.369 e. The molecule has 0 radical (unpaired) electrons. The SMILES string of the molecule is CC(C)C1=NC/C(=N/Oc2ccccc2)N1c1ccc(C(O)(C(F)(F)F)C(F)(F)F)cc1. The van der Waals surface area contributed by atoms with E-state index >= 15 is 0 Å². The van der Waals surface area contributed by atoms with Crippen LogP contribution in [-0.2, 0) is 5.60 Å². The van der Waals surface area contributed by atoms with Crippen LogP contribution >= 0.6 is 0 Å². The Balaban J connectivity index is 1.97. The highest BCUT2D eigenvalue weighted by molar-refractivity contribution is 6.23. The van der Waals surface area contributed by atoms with E-state index in [1.165, 1.54) is 4.90 Å². The van der Waals surface area contributed by atoms with Gasteiger partial charge >= 0.3 is 12.4 Å². The fourth-order valence-corrected chi connectivity index (χ4v) is 3.14. The van der Waals surface area contributed by atoms with Crippen molar-refractivity contribution in [3.8, 4) is 5.75 Å². The number of amidine groups is 2. The Kier molecular flexibility index (Phi) is 6.23. The minimum atomic E-state index is -5.96. The second-order valence-electron chi connectivity index (χ2n) is 7.33. The van der Waals surface area contributed by atoms with Crippen LogP contribution in [0, 0.1) is 5.92 Å². The van der Waals surface area contributed by atoms with Gasteiger partial charge in [-0.25, -0.2) is 0 Å². The summed E-state index contributed by atoms with van der Waals surface area (Å²) in [5.41, 5.74) is -6.12. The molecule has 2 aromatic rings. The average molecular weight is 459 g/mol. The summed E-state index contributed by atoms with van der Waals surface area (Å²) >= 11 is 0. The lowest BCUT2D eigenvalue weighted by Crippen LogP contribution is -2.53. The quantitative estimate of drug-likeness (QED) is 0.490. The fourth-order valence-electron chi connectivity index (χ4n) is 3.14. The lowest BCUT2D eigenvalue weighted by atomic mass is 9.92. The normalized spacial score (nSPS) is 16.6. The fraction of sp³-hybridized carbons (Fsp3) is 0.333. The Morgan fingerprint density at radius 1 is 0.938 bits per heavy atom. The van der Waals surface area contributed by atoms with Crippen molar-refractivity contribution in [2.45, 2.75) is 31.8 Å². The molecule has 1 aliphatic rings. The number of anilines is 1. The first-order chi connectivity index (χ1) is 14.9. The van der Waals surface area contributed by atoms with Crippen LogP contribution in [0.3, 0.4) is 0 Å². The molecule has 11 heteroatoms. The van der Waals surface area contributed by atoms with Crippen LogP contribution in [0.5, 0.6) is 5.75 Å². The minimum absolute atomic E-state index is 0.108. The van der Waals surface area contributed by atoms with Crippen LogP contribution in [0.4, 0.5) is 32.0 Å². The Labute approximate surface area is 179 Å². The van der Waals surface area contributed by atoms with Crippen LogP contribution in [-0.4, -0.2) is 35.7 Å². The van der Waals surface area contributed by atoms with E-state index < -0.39 is 23.5 Å². The van der Waals surface area contributed by atoms with E-state index in [1.807, 2.05) is 13.8 Å². The number of alkyl halides is 6. The number of nitrogens with zero attached hydrogens (tertiary/aromatic N) is 3. The number of aliphatic imine (C=N–C) groups is 1. The van der Waals surface area contributed by atoms with Gasteiger partial charge < -0.3 is 9.94 Å². The summed E-state index contributed by atoms with van der Waals surface area (Å²) in [4.78, 5) is 11.2. The number of hydrogen-bond acceptors (Lipinski definition) is 4. The molecule has 0 aromatic heterocycles. The number of halogens is 6. The lowest BCUT2D eigenvalue weighted by molar-refractivity contribution is -0.376. The van der Waals surface area contributed by atoms with E-state index in [9.17, 15) is 31.4 Å². The first kappa shape index (κ1) is 23.6. The second-order valence-corrected chi connectivity index (χ2v) is 7.33. The molecule has 0 atom stereocenters. The molecular weight excluding hydrogens is 440 g/mol. The number of benzene rings is 2. The molecule has 1 aliphatic heterocycles. The van der Waals surface area contributed by atoms with Gasteiger partial charge in [0, 0.05) is 17.2 Å². The maximum Gasteiger partial charge on any atom is 0.430 e. The number of hydrogen-bond donors (Lipinski definition) is 1. The average Bonchev–Trinajstić information content (AvgIpc) is 3.15. The molecule has 1 N–H and O–H groups in total. The summed E-state index contributed by atoms with van der Waals surface area (Å²) < 4.78 is 78.9. The molecular formula is C21H19F6N3O2. The van der Waals surface area contributed by atoms with E-state index in [4.69, 9.17) is 4.84 Å². The molecule has 0 saturated heterocycles. The van der Waals surface area contributed by atoms with Gasteiger partial charge in [0.1, 0.15) is 12.4 Å². The molecule has 5 nitrogen and oxygen atoms in total. The van der Waals surface area contributed by atoms with Crippen LogP contribution in [0.2, 0.25) is 0 Å². The maximum absolute atomic E-state index is 13.1. The molecule has 172 valence electrons. The Bertz CT molecular complexity index is 985. The zero-order valence-corrected chi connectivity index (χ0v) is 16.9. The van der Waals surface area contributed by atoms with E-state index in [0.717, 1.165) is 12.1 Å². The van der Waals surface area contributed by atoms with Gasteiger partial charge in [-0.05, 0) is 24.3 Å². The molecule has 0 unspecified atom stereocenters. The van der Waals surface area contributed by atoms with Crippen LogP contribution < -0.4 is 9.74 Å². The van der Waals surface area contributed by atoms with Crippen LogP contribution in [0.25, 0.3) is 0 Å². The monoisotopic (exact) mass is 459 g/mol. The zero-order chi connectivity index (χ0) is 23.7. The Morgan fingerprint density at radius 3 is 2.00 bits per heavy atom. The first-order valence-corrected chi connectivity index (χ1v) is 9.46. The van der Waals surface area contributed by atoms with Gasteiger partial charge in [-0.2, -0.15) is 26.3 Å². The Hall–Kier alpha value is -3.08. The largest absolute Gasteiger partial charge is 0.430 e. The smallest absolute Gasteiger partial charge is 0.369 e. The van der Waals surface area contributed by atoms with Gasteiger partial charge in [0.15, 0.2) is 11.6 Å². The summed E-state index contributed by atoms with van der Waals surface area (Å²) in [5.74, 6) is 1.12. The number of aliphatic hydroxyl groups is 1. The lowest BCUT2D eigenvalue weighted by Gasteiger charge is -2.33. The predicted molar refractivity (Wildman–Crippen MR) is 107 cm³/mol. The van der Waals surface area contributed by atoms with E-state index in [2.05, 4.69) is 10.1 Å². The standard InChI is InChI=1S/C21H19F6N3O2/c1-13(2)18-28-12-17(29-32-16-6-4-3-5-7-16)30(18)15-10-8-14(9-11-15)19(31,20(22,23)24)21(25,26)27/h3-11,13,31H,12H2,1-2H3/b29-17-. The molecule has 0 fully saturated rings. The first-order valence-electron chi connectivity index (χ1n) is 9.46. The number of rotatable bonds is 5. The molecule has 0 spiro atoms. The van der Waals surface area contributed by atoms with Crippen molar-refractivity contribution in [3.05, 3.63) is 60.2 Å². The zero-order valence-electron chi connectivity index (χ0n) is 16.9. The van der Waals surface area contributed by atoms with Crippen molar-refractivity contribution in [3.63, 3.8) is 0 Å². The Morgan fingerprint density at radius 2 is 1.50 bits per heavy atom. The topological polar surface area (TPSA) is 57.4 Å². The van der Waals surface area contributed by atoms with Crippen molar-refractivity contribution < 1.29 is 36.3 Å². The highest BCUT2D eigenvalue weighted by atomic mass is 19.4. The van der Waals surface area contributed by atoms with Crippen molar-refractivity contribution in [2.24, 2.45) is 16.1 Å². The summed E-state index contributed by atoms with van der Waals surface area (Å²) in [6, 6.07) is 11.8. The van der Waals surface area contributed by atoms with Gasteiger partial charge in [0.05, 0.1) is 0 Å². The third kappa shape index (κ3) is 4.29. The van der Waals surface area contributed by atoms with Crippen molar-refractivity contribution >= 4 is 17.4 Å². The van der Waals surface area contributed by atoms with Crippen molar-refractivity contribution in [1.29, 1.82) is 0 Å². The third-order valence-corrected chi connectivity index (χ3v) is 4.75. The molecule has 1 heterocycles. The molecule has 32 heavy (non-hydrogen) atoms. The second kappa shape index (κ2) is 8.45. The van der Waals surface area contributed by atoms with Crippen molar-refractivity contribution in [2.75, 3.05) is 11.4 Å². The third-order valence-electron chi connectivity index (χ3n) is 4.75.